The summed E-state index contributed by atoms with van der Waals surface area (Å²) in [6.07, 6.45) is 9.29. The van der Waals surface area contributed by atoms with Gasteiger partial charge >= 0.3 is 0 Å². The van der Waals surface area contributed by atoms with E-state index >= 15 is 0 Å². The Morgan fingerprint density at radius 1 is 0.460 bits per heavy atom. The van der Waals surface area contributed by atoms with E-state index in [1.54, 1.807) is 24.3 Å². The molecule has 4 aromatic carbocycles. The lowest BCUT2D eigenvalue weighted by Crippen LogP contribution is -2.43. The number of nitrogens with zero attached hydrogens (tertiary/aromatic N) is 2. The molecule has 0 aliphatic carbocycles. The number of hydrogen-bond acceptors (Lipinski definition) is 4. The second-order valence-corrected chi connectivity index (χ2v) is 14.4. The first kappa shape index (κ1) is 36.3. The van der Waals surface area contributed by atoms with Crippen molar-refractivity contribution < 1.29 is 22.6 Å². The average Bonchev–Trinajstić information content (AvgIpc) is 3.43. The summed E-state index contributed by atoms with van der Waals surface area (Å²) in [5.74, 6) is -0.735. The first-order chi connectivity index (χ1) is 23.8. The van der Waals surface area contributed by atoms with E-state index < -0.39 is 0 Å². The fourth-order valence-corrected chi connectivity index (χ4v) is 8.57. The molecule has 0 aromatic heterocycles. The van der Waals surface area contributed by atoms with Gasteiger partial charge in [-0.05, 0) is 124 Å². The van der Waals surface area contributed by atoms with Crippen LogP contribution in [0, 0.1) is 17.5 Å². The van der Waals surface area contributed by atoms with Crippen molar-refractivity contribution in [1.82, 2.24) is 9.80 Å². The van der Waals surface area contributed by atoms with Gasteiger partial charge in [0.15, 0.2) is 0 Å². The predicted molar refractivity (Wildman–Crippen MR) is 193 cm³/mol. The highest BCUT2D eigenvalue weighted by Crippen LogP contribution is 2.40. The highest BCUT2D eigenvalue weighted by Gasteiger charge is 2.41. The van der Waals surface area contributed by atoms with E-state index in [4.69, 9.17) is 9.47 Å². The van der Waals surface area contributed by atoms with Gasteiger partial charge in [0.25, 0.3) is 0 Å². The minimum Gasteiger partial charge on any atom is -0.365 e. The van der Waals surface area contributed by atoms with Crippen molar-refractivity contribution >= 4 is 0 Å². The molecule has 4 fully saturated rings. The third kappa shape index (κ3) is 8.34. The normalized spacial score (nSPS) is 26.6. The molecule has 7 heteroatoms. The van der Waals surface area contributed by atoms with Crippen molar-refractivity contribution in [3.05, 3.63) is 143 Å². The summed E-state index contributed by atoms with van der Waals surface area (Å²) in [7, 11) is 4.45. The fraction of sp³-hybridized carbons (Fsp3) is 0.442. The van der Waals surface area contributed by atoms with Crippen LogP contribution < -0.4 is 0 Å². The van der Waals surface area contributed by atoms with Crippen molar-refractivity contribution in [2.75, 3.05) is 14.1 Å². The second-order valence-electron chi connectivity index (χ2n) is 14.4. The number of halogens is 3. The topological polar surface area (TPSA) is 24.9 Å². The molecule has 0 radical (unpaired) electrons. The number of piperidine rings is 2. The van der Waals surface area contributed by atoms with Crippen molar-refractivity contribution in [2.45, 2.75) is 107 Å². The lowest BCUT2D eigenvalue weighted by atomic mass is 9.97. The van der Waals surface area contributed by atoms with Gasteiger partial charge in [0.2, 0.25) is 0 Å². The van der Waals surface area contributed by atoms with Crippen LogP contribution in [0.15, 0.2) is 103 Å². The quantitative estimate of drug-likeness (QED) is 0.185. The maximum absolute atomic E-state index is 13.3. The van der Waals surface area contributed by atoms with Crippen LogP contribution in [0.2, 0.25) is 0 Å². The molecule has 0 saturated carbocycles. The number of benzene rings is 4. The maximum Gasteiger partial charge on any atom is 0.123 e. The zero-order chi connectivity index (χ0) is 33.9. The van der Waals surface area contributed by atoms with Crippen LogP contribution in [-0.2, 0) is 9.47 Å². The highest BCUT2D eigenvalue weighted by molar-refractivity contribution is 5.32. The lowest BCUT2D eigenvalue weighted by molar-refractivity contribution is -0.0428. The minimum atomic E-state index is -0.297. The molecule has 4 bridgehead atoms. The first-order valence-corrected chi connectivity index (χ1v) is 17.9. The van der Waals surface area contributed by atoms with Crippen LogP contribution in [0.4, 0.5) is 13.2 Å². The summed E-state index contributed by atoms with van der Waals surface area (Å²) in [4.78, 5) is 5.00. The molecule has 0 amide bonds. The minimum absolute atomic E-state index is 0. The second kappa shape index (κ2) is 16.2. The zero-order valence-corrected chi connectivity index (χ0v) is 28.4. The van der Waals surface area contributed by atoms with Gasteiger partial charge in [-0.25, -0.2) is 13.2 Å². The van der Waals surface area contributed by atoms with E-state index in [2.05, 4.69) is 36.0 Å². The molecule has 0 N–H and O–H groups in total. The molecule has 0 spiro atoms. The predicted octanol–water partition coefficient (Wildman–Crippen LogP) is 9.89. The standard InChI is InChI=1S/C21H23F2NO.C21H24FNO.CH4/c1-24-18-10-11-19(24)13-20(12-18)25-21(14-2-6-16(22)7-3-14)15-4-8-17(23)9-5-15;1-23-18-11-12-19(23)14-20(13-18)24-21(15-5-3-2-4-6-15)16-7-9-17(22)10-8-16;/h2-9,18-21H,10-13H2,1H3;2-10,18-21H,11-14H2,1H3;1H4/t18-,19+,20?;18-,19+,20?,21?;/i22-1,23-1;22-1;. The maximum atomic E-state index is 13.3. The largest absolute Gasteiger partial charge is 0.365 e. The molecular formula is C43H51F3N2O2. The van der Waals surface area contributed by atoms with E-state index in [0.717, 1.165) is 47.9 Å². The fourth-order valence-electron chi connectivity index (χ4n) is 8.57. The number of ether oxygens (including phenoxy) is 2. The summed E-state index contributed by atoms with van der Waals surface area (Å²) in [5.41, 5.74) is 3.96. The molecule has 8 rings (SSSR count). The Hall–Kier alpha value is -3.49. The Bertz CT molecular complexity index is 1560. The van der Waals surface area contributed by atoms with E-state index in [1.165, 1.54) is 62.1 Å². The molecule has 3 unspecified atom stereocenters. The van der Waals surface area contributed by atoms with Gasteiger partial charge in [0.1, 0.15) is 29.7 Å². The smallest absolute Gasteiger partial charge is 0.123 e. The Balaban J connectivity index is 0.000000170. The Morgan fingerprint density at radius 2 is 0.740 bits per heavy atom. The molecule has 266 valence electrons. The summed E-state index contributed by atoms with van der Waals surface area (Å²) < 4.78 is 53.0. The van der Waals surface area contributed by atoms with Gasteiger partial charge in [0, 0.05) is 24.2 Å². The SMILES string of the molecule is C.CN1[C@@H]2CC[C@H]1CC(OC(c1ccc([18F])cc1)c1ccc([18F])cc1)C2.CN1[C@@H]2CC[C@H]1CC(OC(c1ccccc1)c1ccc([18F])cc1)C2. The molecule has 4 aromatic rings. The Kier molecular flexibility index (Phi) is 11.8. The van der Waals surface area contributed by atoms with E-state index in [9.17, 15) is 13.2 Å². The third-order valence-electron chi connectivity index (χ3n) is 11.4. The van der Waals surface area contributed by atoms with Gasteiger partial charge in [-0.3, -0.25) is 0 Å². The van der Waals surface area contributed by atoms with Gasteiger partial charge in [-0.15, -0.1) is 0 Å². The molecule has 7 atom stereocenters. The van der Waals surface area contributed by atoms with Crippen LogP contribution in [0.25, 0.3) is 0 Å². The van der Waals surface area contributed by atoms with E-state index in [-0.39, 0.29) is 49.3 Å². The monoisotopic (exact) mass is 681 g/mol. The van der Waals surface area contributed by atoms with Crippen LogP contribution in [0.1, 0.15) is 93.3 Å². The van der Waals surface area contributed by atoms with Crippen molar-refractivity contribution in [1.29, 1.82) is 0 Å². The summed E-state index contributed by atoms with van der Waals surface area (Å²) >= 11 is 0. The van der Waals surface area contributed by atoms with Crippen molar-refractivity contribution in [3.63, 3.8) is 0 Å². The highest BCUT2D eigenvalue weighted by atomic mass is 18.2. The van der Waals surface area contributed by atoms with E-state index in [1.807, 2.05) is 30.3 Å². The number of fused-ring (bicyclic) bond motifs is 4. The summed E-state index contributed by atoms with van der Waals surface area (Å²) in [6, 6.07) is 32.3. The molecule has 4 saturated heterocycles. The average molecular weight is 682 g/mol. The molecule has 50 heavy (non-hydrogen) atoms. The van der Waals surface area contributed by atoms with Crippen molar-refractivity contribution in [3.8, 4) is 0 Å². The summed E-state index contributed by atoms with van der Waals surface area (Å²) in [6.45, 7) is 0. The van der Waals surface area contributed by atoms with Crippen LogP contribution in [0.5, 0.6) is 0 Å². The van der Waals surface area contributed by atoms with Crippen molar-refractivity contribution in [2.24, 2.45) is 0 Å². The molecule has 4 aliphatic heterocycles. The molecular weight excluding hydrogens is 630 g/mol. The summed E-state index contributed by atoms with van der Waals surface area (Å²) in [5, 5.41) is 0. The van der Waals surface area contributed by atoms with Crippen LogP contribution in [0.3, 0.4) is 0 Å². The number of hydrogen-bond donors (Lipinski definition) is 0. The van der Waals surface area contributed by atoms with Gasteiger partial charge in [-0.2, -0.15) is 0 Å². The van der Waals surface area contributed by atoms with Gasteiger partial charge in [0.05, 0.1) is 12.2 Å². The van der Waals surface area contributed by atoms with Crippen LogP contribution in [-0.4, -0.2) is 60.3 Å². The lowest BCUT2D eigenvalue weighted by Gasteiger charge is -2.38. The zero-order valence-electron chi connectivity index (χ0n) is 28.4. The Labute approximate surface area is 296 Å². The molecule has 4 aliphatic rings. The molecule has 4 nitrogen and oxygen atoms in total. The first-order valence-electron chi connectivity index (χ1n) is 17.9. The third-order valence-corrected chi connectivity index (χ3v) is 11.4. The van der Waals surface area contributed by atoms with Gasteiger partial charge in [-0.1, -0.05) is 74.2 Å². The number of rotatable bonds is 8. The van der Waals surface area contributed by atoms with Crippen LogP contribution >= 0.6 is 0 Å². The van der Waals surface area contributed by atoms with Gasteiger partial charge < -0.3 is 19.3 Å². The molecule has 4 heterocycles. The van der Waals surface area contributed by atoms with E-state index in [0.29, 0.717) is 24.2 Å². The Morgan fingerprint density at radius 3 is 1.04 bits per heavy atom.